The van der Waals surface area contributed by atoms with Crippen LogP contribution in [0.5, 0.6) is 11.5 Å². The average Bonchev–Trinajstić information content (AvgIpc) is 3.31. The number of hydrogen-bond acceptors (Lipinski definition) is 4. The van der Waals surface area contributed by atoms with Gasteiger partial charge in [0.1, 0.15) is 29.7 Å². The maximum atomic E-state index is 5.36. The molecule has 0 aliphatic heterocycles. The summed E-state index contributed by atoms with van der Waals surface area (Å²) < 4.78 is 12.6. The number of hydrogen-bond donors (Lipinski definition) is 0. The second-order valence-corrected chi connectivity index (χ2v) is 6.37. The van der Waals surface area contributed by atoms with Crippen molar-refractivity contribution in [1.29, 1.82) is 0 Å². The monoisotopic (exact) mass is 371 g/mol. The van der Waals surface area contributed by atoms with Crippen molar-refractivity contribution in [2.45, 2.75) is 5.54 Å². The van der Waals surface area contributed by atoms with E-state index in [1.165, 1.54) is 0 Å². The molecule has 0 aliphatic rings. The van der Waals surface area contributed by atoms with E-state index in [0.717, 1.165) is 28.2 Å². The number of aromatic nitrogens is 3. The minimum Gasteiger partial charge on any atom is -0.497 e. The van der Waals surface area contributed by atoms with Crippen LogP contribution in [-0.4, -0.2) is 29.0 Å². The molecule has 0 amide bonds. The summed E-state index contributed by atoms with van der Waals surface area (Å²) in [5.41, 5.74) is 2.50. The van der Waals surface area contributed by atoms with Gasteiger partial charge in [-0.2, -0.15) is 5.10 Å². The third-order valence-electron chi connectivity index (χ3n) is 4.97. The molecule has 1 heterocycles. The highest BCUT2D eigenvalue weighted by atomic mass is 16.5. The molecule has 0 spiro atoms. The molecule has 140 valence electrons. The van der Waals surface area contributed by atoms with Gasteiger partial charge in [-0.25, -0.2) is 9.67 Å². The Morgan fingerprint density at radius 2 is 1.18 bits per heavy atom. The Kier molecular flexibility index (Phi) is 4.81. The first-order chi connectivity index (χ1) is 13.8. The highest BCUT2D eigenvalue weighted by Gasteiger charge is 2.39. The lowest BCUT2D eigenvalue weighted by Crippen LogP contribution is -2.38. The van der Waals surface area contributed by atoms with E-state index in [2.05, 4.69) is 46.5 Å². The number of rotatable bonds is 6. The maximum absolute atomic E-state index is 5.36. The van der Waals surface area contributed by atoms with Crippen LogP contribution in [0.4, 0.5) is 0 Å². The van der Waals surface area contributed by atoms with Crippen LogP contribution < -0.4 is 9.47 Å². The normalized spacial score (nSPS) is 11.2. The molecule has 5 nitrogen and oxygen atoms in total. The van der Waals surface area contributed by atoms with Crippen molar-refractivity contribution in [2.75, 3.05) is 14.2 Å². The van der Waals surface area contributed by atoms with Gasteiger partial charge in [0.25, 0.3) is 0 Å². The maximum Gasteiger partial charge on any atom is 0.139 e. The van der Waals surface area contributed by atoms with Gasteiger partial charge < -0.3 is 9.47 Å². The van der Waals surface area contributed by atoms with Gasteiger partial charge in [-0.05, 0) is 41.0 Å². The van der Waals surface area contributed by atoms with E-state index in [4.69, 9.17) is 9.47 Å². The van der Waals surface area contributed by atoms with E-state index in [1.54, 1.807) is 26.9 Å². The summed E-state index contributed by atoms with van der Waals surface area (Å²) >= 11 is 0. The smallest absolute Gasteiger partial charge is 0.139 e. The first-order valence-corrected chi connectivity index (χ1v) is 8.98. The highest BCUT2D eigenvalue weighted by molar-refractivity contribution is 5.52. The van der Waals surface area contributed by atoms with Crippen molar-refractivity contribution in [3.8, 4) is 11.5 Å². The zero-order chi connectivity index (χ0) is 19.4. The van der Waals surface area contributed by atoms with Crippen molar-refractivity contribution in [2.24, 2.45) is 0 Å². The Bertz CT molecular complexity index is 964. The second-order valence-electron chi connectivity index (χ2n) is 6.37. The van der Waals surface area contributed by atoms with Crippen LogP contribution in [-0.2, 0) is 5.54 Å². The standard InChI is InChI=1S/C23H21N3O2/c1-27-21-12-8-19(9-13-21)23(26-17-24-16-25-26,18-6-4-3-5-7-18)20-10-14-22(28-2)15-11-20/h3-17H,1-2H3. The van der Waals surface area contributed by atoms with E-state index >= 15 is 0 Å². The third-order valence-corrected chi connectivity index (χ3v) is 4.97. The molecule has 0 fully saturated rings. The molecule has 3 aromatic carbocycles. The Morgan fingerprint density at radius 3 is 1.61 bits per heavy atom. The Hall–Kier alpha value is -3.60. The minimum absolute atomic E-state index is 0.684. The zero-order valence-corrected chi connectivity index (χ0v) is 15.8. The Balaban J connectivity index is 2.04. The molecule has 0 atom stereocenters. The summed E-state index contributed by atoms with van der Waals surface area (Å²) in [6.07, 6.45) is 3.31. The summed E-state index contributed by atoms with van der Waals surface area (Å²) in [6.45, 7) is 0. The quantitative estimate of drug-likeness (QED) is 0.478. The van der Waals surface area contributed by atoms with E-state index in [0.29, 0.717) is 0 Å². The molecule has 0 radical (unpaired) electrons. The highest BCUT2D eigenvalue weighted by Crippen LogP contribution is 2.41. The van der Waals surface area contributed by atoms with Crippen LogP contribution in [0, 0.1) is 0 Å². The molecule has 0 aliphatic carbocycles. The van der Waals surface area contributed by atoms with Crippen molar-refractivity contribution in [1.82, 2.24) is 14.8 Å². The third kappa shape index (κ3) is 2.91. The molecule has 4 aromatic rings. The van der Waals surface area contributed by atoms with E-state index in [1.807, 2.05) is 47.1 Å². The lowest BCUT2D eigenvalue weighted by atomic mass is 9.77. The summed E-state index contributed by atoms with van der Waals surface area (Å²) in [4.78, 5) is 4.23. The summed E-state index contributed by atoms with van der Waals surface area (Å²) in [7, 11) is 3.33. The van der Waals surface area contributed by atoms with Gasteiger partial charge in [-0.1, -0.05) is 54.6 Å². The molecule has 28 heavy (non-hydrogen) atoms. The minimum atomic E-state index is -0.684. The summed E-state index contributed by atoms with van der Waals surface area (Å²) in [5.74, 6) is 1.61. The van der Waals surface area contributed by atoms with Gasteiger partial charge in [-0.3, -0.25) is 0 Å². The first-order valence-electron chi connectivity index (χ1n) is 8.98. The van der Waals surface area contributed by atoms with Gasteiger partial charge in [0.2, 0.25) is 0 Å². The van der Waals surface area contributed by atoms with Crippen LogP contribution in [0.1, 0.15) is 16.7 Å². The van der Waals surface area contributed by atoms with Crippen LogP contribution >= 0.6 is 0 Å². The molecule has 0 saturated carbocycles. The van der Waals surface area contributed by atoms with Crippen molar-refractivity contribution >= 4 is 0 Å². The summed E-state index contributed by atoms with van der Waals surface area (Å²) in [5, 5.41) is 4.55. The molecule has 5 heteroatoms. The number of benzene rings is 3. The fourth-order valence-electron chi connectivity index (χ4n) is 3.62. The fraction of sp³-hybridized carbons (Fsp3) is 0.130. The molecular formula is C23H21N3O2. The molecule has 4 rings (SSSR count). The van der Waals surface area contributed by atoms with Gasteiger partial charge in [0.15, 0.2) is 0 Å². The number of nitrogens with zero attached hydrogens (tertiary/aromatic N) is 3. The number of methoxy groups -OCH3 is 2. The first kappa shape index (κ1) is 17.8. The van der Waals surface area contributed by atoms with Gasteiger partial charge in [0.05, 0.1) is 14.2 Å². The lowest BCUT2D eigenvalue weighted by molar-refractivity contribution is 0.411. The van der Waals surface area contributed by atoms with E-state index < -0.39 is 5.54 Å². The molecule has 0 bridgehead atoms. The van der Waals surface area contributed by atoms with Gasteiger partial charge >= 0.3 is 0 Å². The predicted octanol–water partition coefficient (Wildman–Crippen LogP) is 4.14. The molecule has 0 saturated heterocycles. The molecule has 0 unspecified atom stereocenters. The Morgan fingerprint density at radius 1 is 0.679 bits per heavy atom. The zero-order valence-electron chi connectivity index (χ0n) is 15.8. The van der Waals surface area contributed by atoms with E-state index in [9.17, 15) is 0 Å². The van der Waals surface area contributed by atoms with Crippen LogP contribution in [0.2, 0.25) is 0 Å². The SMILES string of the molecule is COc1ccc(C(c2ccccc2)(c2ccc(OC)cc2)n2cncn2)cc1. The average molecular weight is 371 g/mol. The van der Waals surface area contributed by atoms with Crippen molar-refractivity contribution < 1.29 is 9.47 Å². The van der Waals surface area contributed by atoms with Crippen LogP contribution in [0.15, 0.2) is 91.5 Å². The van der Waals surface area contributed by atoms with Gasteiger partial charge in [0, 0.05) is 0 Å². The Labute approximate surface area is 164 Å². The second kappa shape index (κ2) is 7.56. The molecular weight excluding hydrogens is 350 g/mol. The van der Waals surface area contributed by atoms with E-state index in [-0.39, 0.29) is 0 Å². The molecule has 0 N–H and O–H groups in total. The largest absolute Gasteiger partial charge is 0.497 e. The lowest BCUT2D eigenvalue weighted by Gasteiger charge is -2.36. The van der Waals surface area contributed by atoms with Crippen molar-refractivity contribution in [3.63, 3.8) is 0 Å². The molecule has 1 aromatic heterocycles. The summed E-state index contributed by atoms with van der Waals surface area (Å²) in [6, 6.07) is 26.4. The van der Waals surface area contributed by atoms with Crippen LogP contribution in [0.25, 0.3) is 0 Å². The van der Waals surface area contributed by atoms with Crippen molar-refractivity contribution in [3.05, 3.63) is 108 Å². The fourth-order valence-corrected chi connectivity index (χ4v) is 3.62. The topological polar surface area (TPSA) is 49.2 Å². The predicted molar refractivity (Wildman–Crippen MR) is 108 cm³/mol. The number of ether oxygens (including phenoxy) is 2. The van der Waals surface area contributed by atoms with Crippen LogP contribution in [0.3, 0.4) is 0 Å². The van der Waals surface area contributed by atoms with Gasteiger partial charge in [-0.15, -0.1) is 0 Å².